The van der Waals surface area contributed by atoms with Gasteiger partial charge in [0.15, 0.2) is 0 Å². The number of hydrogen-bond acceptors (Lipinski definition) is 4. The van der Waals surface area contributed by atoms with Gasteiger partial charge in [-0.15, -0.1) is 0 Å². The summed E-state index contributed by atoms with van der Waals surface area (Å²) < 4.78 is 0. The lowest BCUT2D eigenvalue weighted by molar-refractivity contribution is -0.134. The first-order valence-corrected chi connectivity index (χ1v) is 10.8. The Balaban J connectivity index is 1.25. The van der Waals surface area contributed by atoms with Crippen LogP contribution in [0.2, 0.25) is 0 Å². The number of piperazine rings is 1. The van der Waals surface area contributed by atoms with Crippen molar-refractivity contribution in [3.8, 4) is 0 Å². The van der Waals surface area contributed by atoms with Gasteiger partial charge >= 0.3 is 6.03 Å². The monoisotopic (exact) mass is 384 g/mol. The fourth-order valence-corrected chi connectivity index (χ4v) is 5.02. The second kappa shape index (κ2) is 8.11. The van der Waals surface area contributed by atoms with Crippen molar-refractivity contribution in [2.75, 3.05) is 44.2 Å². The van der Waals surface area contributed by atoms with E-state index in [0.717, 1.165) is 64.8 Å². The average Bonchev–Trinajstić information content (AvgIpc) is 2.96. The number of hydrogen-bond donors (Lipinski definition) is 1. The van der Waals surface area contributed by atoms with Gasteiger partial charge in [-0.3, -0.25) is 14.6 Å². The molecule has 2 unspecified atom stereocenters. The highest BCUT2D eigenvalue weighted by Crippen LogP contribution is 2.38. The number of imide groups is 1. The van der Waals surface area contributed by atoms with Gasteiger partial charge < -0.3 is 10.2 Å². The number of nitrogens with one attached hydrogen (secondary N) is 1. The molecule has 0 radical (unpaired) electrons. The number of benzene rings is 1. The van der Waals surface area contributed by atoms with E-state index in [-0.39, 0.29) is 17.9 Å². The van der Waals surface area contributed by atoms with Crippen LogP contribution in [0.1, 0.15) is 39.0 Å². The molecule has 28 heavy (non-hydrogen) atoms. The van der Waals surface area contributed by atoms with E-state index in [2.05, 4.69) is 46.3 Å². The SMILES string of the molecule is CC1CCCCC12NC(=O)N(CCCN1CCN(c3ccccc3)CC1)C2=O. The van der Waals surface area contributed by atoms with Crippen LogP contribution >= 0.6 is 0 Å². The Morgan fingerprint density at radius 3 is 2.50 bits per heavy atom. The molecule has 3 amide bonds. The van der Waals surface area contributed by atoms with Crippen molar-refractivity contribution in [2.45, 2.75) is 44.6 Å². The van der Waals surface area contributed by atoms with E-state index in [9.17, 15) is 9.59 Å². The van der Waals surface area contributed by atoms with Crippen molar-refractivity contribution >= 4 is 17.6 Å². The van der Waals surface area contributed by atoms with Gasteiger partial charge in [0.05, 0.1) is 0 Å². The van der Waals surface area contributed by atoms with E-state index < -0.39 is 5.54 Å². The van der Waals surface area contributed by atoms with Crippen LogP contribution in [0.25, 0.3) is 0 Å². The summed E-state index contributed by atoms with van der Waals surface area (Å²) in [5, 5.41) is 3.05. The molecule has 1 saturated carbocycles. The van der Waals surface area contributed by atoms with E-state index >= 15 is 0 Å². The van der Waals surface area contributed by atoms with Crippen molar-refractivity contribution < 1.29 is 9.59 Å². The van der Waals surface area contributed by atoms with Crippen LogP contribution in [0.5, 0.6) is 0 Å². The Hall–Kier alpha value is -2.08. The lowest BCUT2D eigenvalue weighted by atomic mass is 9.73. The summed E-state index contributed by atoms with van der Waals surface area (Å²) in [6.07, 6.45) is 4.83. The molecule has 0 aromatic heterocycles. The molecule has 2 aliphatic heterocycles. The molecule has 2 atom stereocenters. The second-order valence-corrected chi connectivity index (χ2v) is 8.52. The van der Waals surface area contributed by atoms with E-state index in [1.165, 1.54) is 10.6 Å². The fourth-order valence-electron chi connectivity index (χ4n) is 5.02. The molecule has 4 rings (SSSR count). The molecular weight excluding hydrogens is 352 g/mol. The second-order valence-electron chi connectivity index (χ2n) is 8.52. The van der Waals surface area contributed by atoms with Crippen LogP contribution in [0.4, 0.5) is 10.5 Å². The quantitative estimate of drug-likeness (QED) is 0.793. The van der Waals surface area contributed by atoms with Crippen molar-refractivity contribution in [2.24, 2.45) is 5.92 Å². The van der Waals surface area contributed by atoms with E-state index in [1.807, 2.05) is 6.07 Å². The number of para-hydroxylation sites is 1. The highest BCUT2D eigenvalue weighted by molar-refractivity contribution is 6.07. The van der Waals surface area contributed by atoms with Crippen molar-refractivity contribution in [1.82, 2.24) is 15.1 Å². The molecule has 1 N–H and O–H groups in total. The fraction of sp³-hybridized carbons (Fsp3) is 0.636. The Morgan fingerprint density at radius 2 is 1.79 bits per heavy atom. The number of amides is 3. The maximum absolute atomic E-state index is 13.0. The average molecular weight is 385 g/mol. The van der Waals surface area contributed by atoms with Crippen LogP contribution < -0.4 is 10.2 Å². The van der Waals surface area contributed by atoms with Crippen LogP contribution in [0.15, 0.2) is 30.3 Å². The summed E-state index contributed by atoms with van der Waals surface area (Å²) in [6.45, 7) is 7.65. The Labute approximate surface area is 167 Å². The molecule has 1 aliphatic carbocycles. The molecule has 0 bridgehead atoms. The van der Waals surface area contributed by atoms with Gasteiger partial charge in [0.1, 0.15) is 5.54 Å². The summed E-state index contributed by atoms with van der Waals surface area (Å²) in [4.78, 5) is 31.8. The molecule has 2 saturated heterocycles. The zero-order chi connectivity index (χ0) is 19.6. The number of rotatable bonds is 5. The normalized spacial score (nSPS) is 28.8. The van der Waals surface area contributed by atoms with Gasteiger partial charge in [-0.1, -0.05) is 38.0 Å². The number of nitrogens with zero attached hydrogens (tertiary/aromatic N) is 3. The molecule has 3 aliphatic rings. The zero-order valence-electron chi connectivity index (χ0n) is 16.9. The first kappa shape index (κ1) is 19.2. The summed E-state index contributed by atoms with van der Waals surface area (Å²) in [5.74, 6) is 0.243. The van der Waals surface area contributed by atoms with Gasteiger partial charge in [0.2, 0.25) is 0 Å². The molecule has 3 fully saturated rings. The Morgan fingerprint density at radius 1 is 1.04 bits per heavy atom. The summed E-state index contributed by atoms with van der Waals surface area (Å²) >= 11 is 0. The predicted molar refractivity (Wildman–Crippen MR) is 110 cm³/mol. The van der Waals surface area contributed by atoms with E-state index in [4.69, 9.17) is 0 Å². The van der Waals surface area contributed by atoms with Gasteiger partial charge in [-0.25, -0.2) is 4.79 Å². The van der Waals surface area contributed by atoms with Crippen molar-refractivity contribution in [3.05, 3.63) is 30.3 Å². The summed E-state index contributed by atoms with van der Waals surface area (Å²) in [7, 11) is 0. The third kappa shape index (κ3) is 3.62. The molecule has 1 spiro atoms. The number of urea groups is 1. The third-order valence-corrected chi connectivity index (χ3v) is 6.85. The molecule has 152 valence electrons. The van der Waals surface area contributed by atoms with Crippen molar-refractivity contribution in [3.63, 3.8) is 0 Å². The largest absolute Gasteiger partial charge is 0.369 e. The van der Waals surface area contributed by atoms with Crippen LogP contribution in [0, 0.1) is 5.92 Å². The minimum Gasteiger partial charge on any atom is -0.369 e. The van der Waals surface area contributed by atoms with Crippen LogP contribution in [-0.4, -0.2) is 66.5 Å². The first-order chi connectivity index (χ1) is 13.6. The van der Waals surface area contributed by atoms with Crippen molar-refractivity contribution in [1.29, 1.82) is 0 Å². The van der Waals surface area contributed by atoms with E-state index in [0.29, 0.717) is 6.54 Å². The summed E-state index contributed by atoms with van der Waals surface area (Å²) in [6, 6.07) is 10.4. The standard InChI is InChI=1S/C22H32N4O2/c1-18-8-5-6-11-22(18)20(27)26(21(28)23-22)13-7-12-24-14-16-25(17-15-24)19-9-3-2-4-10-19/h2-4,9-10,18H,5-8,11-17H2,1H3,(H,23,28). The first-order valence-electron chi connectivity index (χ1n) is 10.8. The van der Waals surface area contributed by atoms with E-state index in [1.54, 1.807) is 0 Å². The highest BCUT2D eigenvalue weighted by Gasteiger charge is 2.54. The molecule has 6 heteroatoms. The summed E-state index contributed by atoms with van der Waals surface area (Å²) in [5.41, 5.74) is 0.657. The van der Waals surface area contributed by atoms with Crippen LogP contribution in [-0.2, 0) is 4.79 Å². The Bertz CT molecular complexity index is 702. The zero-order valence-corrected chi connectivity index (χ0v) is 16.9. The molecule has 1 aromatic carbocycles. The van der Waals surface area contributed by atoms with Crippen LogP contribution in [0.3, 0.4) is 0 Å². The molecular formula is C22H32N4O2. The smallest absolute Gasteiger partial charge is 0.325 e. The number of carbonyl (C=O) groups is 2. The minimum absolute atomic E-state index is 0.0126. The van der Waals surface area contributed by atoms with Gasteiger partial charge in [0.25, 0.3) is 5.91 Å². The van der Waals surface area contributed by atoms with Gasteiger partial charge in [0, 0.05) is 38.4 Å². The highest BCUT2D eigenvalue weighted by atomic mass is 16.2. The molecule has 2 heterocycles. The van der Waals surface area contributed by atoms with Gasteiger partial charge in [-0.05, 0) is 43.9 Å². The number of carbonyl (C=O) groups excluding carboxylic acids is 2. The topological polar surface area (TPSA) is 55.9 Å². The minimum atomic E-state index is -0.628. The maximum atomic E-state index is 13.0. The third-order valence-electron chi connectivity index (χ3n) is 6.85. The van der Waals surface area contributed by atoms with Gasteiger partial charge in [-0.2, -0.15) is 0 Å². The predicted octanol–water partition coefficient (Wildman–Crippen LogP) is 2.70. The lowest BCUT2D eigenvalue weighted by Gasteiger charge is -2.37. The number of anilines is 1. The Kier molecular flexibility index (Phi) is 5.58. The lowest BCUT2D eigenvalue weighted by Crippen LogP contribution is -2.54. The molecule has 6 nitrogen and oxygen atoms in total. The molecule has 1 aromatic rings. The maximum Gasteiger partial charge on any atom is 0.325 e.